The molecule has 2 aliphatic carbocycles. The molecule has 4 atom stereocenters. The van der Waals surface area contributed by atoms with E-state index < -0.39 is 11.0 Å². The van der Waals surface area contributed by atoms with Gasteiger partial charge in [0.05, 0.1) is 16.7 Å². The van der Waals surface area contributed by atoms with Crippen LogP contribution in [-0.4, -0.2) is 50.7 Å². The Balaban J connectivity index is 1.27. The number of aryl methyl sites for hydroxylation is 1. The molecule has 6 nitrogen and oxygen atoms in total. The number of nitrogens with zero attached hydrogens (tertiary/aromatic N) is 2. The number of phenolic OH excluding ortho intramolecular Hbond substituents is 1. The molecule has 0 unspecified atom stereocenters. The molecule has 2 bridgehead atoms. The molecule has 0 amide bonds. The molecule has 190 valence electrons. The Labute approximate surface area is 216 Å². The number of benzene rings is 2. The minimum Gasteiger partial charge on any atom is -0.504 e. The third-order valence-corrected chi connectivity index (χ3v) is 9.53. The largest absolute Gasteiger partial charge is 0.504 e. The zero-order chi connectivity index (χ0) is 25.5. The summed E-state index contributed by atoms with van der Waals surface area (Å²) in [4.78, 5) is 14.9. The summed E-state index contributed by atoms with van der Waals surface area (Å²) >= 11 is 0. The first kappa shape index (κ1) is 22.8. The first-order valence-corrected chi connectivity index (χ1v) is 13.2. The van der Waals surface area contributed by atoms with Crippen molar-refractivity contribution in [2.24, 2.45) is 7.05 Å². The van der Waals surface area contributed by atoms with Gasteiger partial charge in [0.15, 0.2) is 23.4 Å². The van der Waals surface area contributed by atoms with Crippen LogP contribution in [0.2, 0.25) is 0 Å². The lowest BCUT2D eigenvalue weighted by Crippen LogP contribution is -2.73. The lowest BCUT2D eigenvalue weighted by molar-refractivity contribution is -0.168. The summed E-state index contributed by atoms with van der Waals surface area (Å²) < 4.78 is 8.71. The summed E-state index contributed by atoms with van der Waals surface area (Å²) in [5.41, 5.74) is 4.73. The minimum absolute atomic E-state index is 0.0257. The molecule has 3 heterocycles. The van der Waals surface area contributed by atoms with Gasteiger partial charge in [-0.25, -0.2) is 0 Å². The van der Waals surface area contributed by atoms with Crippen LogP contribution in [-0.2, 0) is 36.5 Å². The van der Waals surface area contributed by atoms with Gasteiger partial charge < -0.3 is 24.4 Å². The molecule has 2 aliphatic heterocycles. The zero-order valence-corrected chi connectivity index (χ0v) is 21.3. The summed E-state index contributed by atoms with van der Waals surface area (Å²) in [6.45, 7) is 0.865. The van der Waals surface area contributed by atoms with Gasteiger partial charge >= 0.3 is 0 Å². The second-order valence-corrected chi connectivity index (χ2v) is 11.3. The highest BCUT2D eigenvalue weighted by atomic mass is 16.5. The Morgan fingerprint density at radius 3 is 2.78 bits per heavy atom. The van der Waals surface area contributed by atoms with E-state index in [0.29, 0.717) is 18.6 Å². The smallest absolute Gasteiger partial charge is 0.166 e. The quantitative estimate of drug-likeness (QED) is 0.525. The standard InChI is InChI=1S/C31H32N2O4/c1-32-15-14-30-26-20-9-13-24(35)28(26)37-29(30)27-21(18-31(30,36)25(32)17-20)16-22(33(27)2)10-12-23(34)11-8-19-6-4-3-5-7-19/h3-7,9-10,12-13,16,25,29,35-36H,8,11,14-15,17-18H2,1-2H3/b12-10+/t25-,29-,30-,31+/m0/s1. The summed E-state index contributed by atoms with van der Waals surface area (Å²) in [5, 5.41) is 23.3. The number of hydrogen-bond acceptors (Lipinski definition) is 5. The van der Waals surface area contributed by atoms with E-state index in [-0.39, 0.29) is 23.7 Å². The van der Waals surface area contributed by atoms with E-state index in [1.165, 1.54) is 5.56 Å². The summed E-state index contributed by atoms with van der Waals surface area (Å²) in [6, 6.07) is 15.9. The highest BCUT2D eigenvalue weighted by molar-refractivity contribution is 5.93. The molecule has 3 aromatic rings. The molecule has 6 heteroatoms. The molecule has 2 aromatic carbocycles. The van der Waals surface area contributed by atoms with Crippen molar-refractivity contribution in [1.29, 1.82) is 0 Å². The predicted octanol–water partition coefficient (Wildman–Crippen LogP) is 3.86. The van der Waals surface area contributed by atoms with Gasteiger partial charge in [-0.2, -0.15) is 0 Å². The number of piperidine rings is 1. The van der Waals surface area contributed by atoms with E-state index in [0.717, 1.165) is 53.9 Å². The molecule has 4 aliphatic rings. The molecule has 1 spiro atoms. The highest BCUT2D eigenvalue weighted by Crippen LogP contribution is 2.68. The third kappa shape index (κ3) is 2.97. The summed E-state index contributed by atoms with van der Waals surface area (Å²) in [5.74, 6) is 0.763. The fourth-order valence-electron chi connectivity index (χ4n) is 7.74. The maximum absolute atomic E-state index is 12.7. The molecule has 7 rings (SSSR count). The van der Waals surface area contributed by atoms with Crippen LogP contribution in [0.25, 0.3) is 6.08 Å². The monoisotopic (exact) mass is 496 g/mol. The van der Waals surface area contributed by atoms with E-state index in [4.69, 9.17) is 4.74 Å². The van der Waals surface area contributed by atoms with Crippen molar-refractivity contribution in [3.63, 3.8) is 0 Å². The van der Waals surface area contributed by atoms with Gasteiger partial charge in [0.2, 0.25) is 0 Å². The fraction of sp³-hybridized carbons (Fsp3) is 0.387. The number of likely N-dealkylation sites (N-methyl/N-ethyl adjacent to an activating group) is 1. The van der Waals surface area contributed by atoms with Crippen molar-refractivity contribution < 1.29 is 19.7 Å². The van der Waals surface area contributed by atoms with Gasteiger partial charge in [0.1, 0.15) is 0 Å². The minimum atomic E-state index is -1.00. The second-order valence-electron chi connectivity index (χ2n) is 11.3. The Hall–Kier alpha value is -3.35. The Morgan fingerprint density at radius 2 is 1.97 bits per heavy atom. The van der Waals surface area contributed by atoms with Crippen LogP contribution in [0.4, 0.5) is 0 Å². The average molecular weight is 497 g/mol. The number of aromatic hydroxyl groups is 1. The van der Waals surface area contributed by atoms with Crippen molar-refractivity contribution in [3.8, 4) is 11.5 Å². The van der Waals surface area contributed by atoms with Crippen LogP contribution >= 0.6 is 0 Å². The average Bonchev–Trinajstić information content (AvgIpc) is 3.39. The van der Waals surface area contributed by atoms with Gasteiger partial charge in [-0.3, -0.25) is 4.79 Å². The number of ketones is 1. The number of carbonyl (C=O) groups excluding carboxylic acids is 1. The van der Waals surface area contributed by atoms with Crippen LogP contribution < -0.4 is 4.74 Å². The molecule has 2 N–H and O–H groups in total. The second kappa shape index (κ2) is 7.83. The number of aromatic nitrogens is 1. The highest BCUT2D eigenvalue weighted by Gasteiger charge is 2.72. The van der Waals surface area contributed by atoms with Crippen molar-refractivity contribution in [2.75, 3.05) is 13.6 Å². The maximum atomic E-state index is 12.7. The molecule has 1 aromatic heterocycles. The van der Waals surface area contributed by atoms with Gasteiger partial charge in [0, 0.05) is 37.2 Å². The Kier molecular flexibility index (Phi) is 4.83. The number of ether oxygens (including phenoxy) is 1. The maximum Gasteiger partial charge on any atom is 0.166 e. The molecular weight excluding hydrogens is 464 g/mol. The summed E-state index contributed by atoms with van der Waals surface area (Å²) in [6.07, 6.45) is 6.37. The molecule has 1 fully saturated rings. The van der Waals surface area contributed by atoms with Crippen LogP contribution in [0.5, 0.6) is 11.5 Å². The Morgan fingerprint density at radius 1 is 1.16 bits per heavy atom. The van der Waals surface area contributed by atoms with Crippen molar-refractivity contribution >= 4 is 11.9 Å². The van der Waals surface area contributed by atoms with Crippen LogP contribution in [0.1, 0.15) is 52.6 Å². The van der Waals surface area contributed by atoms with Crippen molar-refractivity contribution in [2.45, 2.75) is 55.3 Å². The number of phenols is 1. The lowest BCUT2D eigenvalue weighted by Gasteiger charge is -2.62. The number of allylic oxidation sites excluding steroid dienone is 1. The van der Waals surface area contributed by atoms with Crippen LogP contribution in [0, 0.1) is 0 Å². The lowest BCUT2D eigenvalue weighted by atomic mass is 9.49. The van der Waals surface area contributed by atoms with Gasteiger partial charge in [0.25, 0.3) is 0 Å². The van der Waals surface area contributed by atoms with E-state index in [9.17, 15) is 15.0 Å². The van der Waals surface area contributed by atoms with E-state index in [1.807, 2.05) is 49.5 Å². The van der Waals surface area contributed by atoms with E-state index >= 15 is 0 Å². The third-order valence-electron chi connectivity index (χ3n) is 9.53. The SMILES string of the molecule is CN1CC[C@]23c4c5ccc(O)c4O[C@H]2c2c(cc(/C=C/C(=O)CCc4ccccc4)n2C)C[C@@]3(O)[C@@H]1C5. The Bertz CT molecular complexity index is 1460. The number of aliphatic hydroxyl groups is 1. The van der Waals surface area contributed by atoms with Crippen molar-refractivity contribution in [3.05, 3.63) is 88.2 Å². The van der Waals surface area contributed by atoms with Gasteiger partial charge in [-0.05, 0) is 73.8 Å². The normalized spacial score (nSPS) is 29.2. The number of carbonyl (C=O) groups is 1. The van der Waals surface area contributed by atoms with E-state index in [2.05, 4.69) is 22.6 Å². The van der Waals surface area contributed by atoms with Crippen LogP contribution in [0.3, 0.4) is 0 Å². The fourth-order valence-corrected chi connectivity index (χ4v) is 7.74. The van der Waals surface area contributed by atoms with Gasteiger partial charge in [-0.1, -0.05) is 36.4 Å². The number of likely N-dealkylation sites (tertiary alicyclic amines) is 1. The molecule has 1 saturated heterocycles. The number of rotatable bonds is 5. The predicted molar refractivity (Wildman–Crippen MR) is 141 cm³/mol. The first-order chi connectivity index (χ1) is 17.8. The van der Waals surface area contributed by atoms with E-state index in [1.54, 1.807) is 12.1 Å². The summed E-state index contributed by atoms with van der Waals surface area (Å²) in [7, 11) is 4.11. The molecular formula is C31H32N2O4. The van der Waals surface area contributed by atoms with Gasteiger partial charge in [-0.15, -0.1) is 0 Å². The molecule has 0 saturated carbocycles. The number of hydrogen-bond donors (Lipinski definition) is 2. The van der Waals surface area contributed by atoms with Crippen molar-refractivity contribution in [1.82, 2.24) is 9.47 Å². The molecule has 0 radical (unpaired) electrons. The number of fused-ring (bicyclic) bond motifs is 2. The van der Waals surface area contributed by atoms with Crippen LogP contribution in [0.15, 0.2) is 54.6 Å². The zero-order valence-electron chi connectivity index (χ0n) is 21.3. The first-order valence-electron chi connectivity index (χ1n) is 13.2. The topological polar surface area (TPSA) is 74.9 Å². The molecule has 37 heavy (non-hydrogen) atoms.